The Morgan fingerprint density at radius 3 is 3.14 bits per heavy atom. The Morgan fingerprint density at radius 2 is 2.29 bits per heavy atom. The largest absolute Gasteiger partial charge is 0.382 e. The minimum Gasteiger partial charge on any atom is -0.382 e. The zero-order chi connectivity index (χ0) is 9.80. The third-order valence-corrected chi connectivity index (χ3v) is 3.45. The Morgan fingerprint density at radius 1 is 1.43 bits per heavy atom. The summed E-state index contributed by atoms with van der Waals surface area (Å²) < 4.78 is 0. The first-order valence-corrected chi connectivity index (χ1v) is 6.63. The van der Waals surface area contributed by atoms with Crippen molar-refractivity contribution >= 4 is 17.4 Å². The molecule has 1 aromatic rings. The molecule has 14 heavy (non-hydrogen) atoms. The van der Waals surface area contributed by atoms with E-state index in [1.165, 1.54) is 36.3 Å². The van der Waals surface area contributed by atoms with Gasteiger partial charge >= 0.3 is 0 Å². The maximum Gasteiger partial charge on any atom is 0.0374 e. The smallest absolute Gasteiger partial charge is 0.0374 e. The molecule has 1 aliphatic heterocycles. The predicted octanol–water partition coefficient (Wildman–Crippen LogP) is 3.17. The topological polar surface area (TPSA) is 12.0 Å². The summed E-state index contributed by atoms with van der Waals surface area (Å²) in [5.41, 5.74) is 2.83. The molecule has 0 fully saturated rings. The second kappa shape index (κ2) is 4.74. The van der Waals surface area contributed by atoms with Crippen molar-refractivity contribution in [2.75, 3.05) is 17.3 Å². The predicted molar refractivity (Wildman–Crippen MR) is 65.2 cm³/mol. The maximum atomic E-state index is 3.62. The minimum absolute atomic E-state index is 0.692. The summed E-state index contributed by atoms with van der Waals surface area (Å²) in [6, 6.07) is 9.36. The summed E-state index contributed by atoms with van der Waals surface area (Å²) in [4.78, 5) is 0. The average molecular weight is 207 g/mol. The molecule has 2 rings (SSSR count). The fraction of sp³-hybridized carbons (Fsp3) is 0.500. The van der Waals surface area contributed by atoms with Crippen LogP contribution in [0.1, 0.15) is 18.4 Å². The van der Waals surface area contributed by atoms with Crippen molar-refractivity contribution in [3.8, 4) is 0 Å². The molecular formula is C12H17NS. The molecule has 0 saturated heterocycles. The molecular weight excluding hydrogens is 190 g/mol. The van der Waals surface area contributed by atoms with E-state index in [1.54, 1.807) is 0 Å². The van der Waals surface area contributed by atoms with Crippen LogP contribution in [-0.4, -0.2) is 18.1 Å². The number of fused-ring (bicyclic) bond motifs is 1. The van der Waals surface area contributed by atoms with Crippen molar-refractivity contribution in [3.05, 3.63) is 29.8 Å². The highest BCUT2D eigenvalue weighted by Gasteiger charge is 2.15. The van der Waals surface area contributed by atoms with Crippen LogP contribution in [0.2, 0.25) is 0 Å². The summed E-state index contributed by atoms with van der Waals surface area (Å²) in [5, 5.41) is 3.62. The van der Waals surface area contributed by atoms with Crippen LogP contribution in [-0.2, 0) is 6.42 Å². The van der Waals surface area contributed by atoms with E-state index in [2.05, 4.69) is 35.8 Å². The lowest BCUT2D eigenvalue weighted by Gasteiger charge is -2.26. The van der Waals surface area contributed by atoms with E-state index in [-0.39, 0.29) is 0 Å². The van der Waals surface area contributed by atoms with Gasteiger partial charge in [-0.15, -0.1) is 0 Å². The van der Waals surface area contributed by atoms with Gasteiger partial charge < -0.3 is 5.32 Å². The van der Waals surface area contributed by atoms with Gasteiger partial charge in [-0.25, -0.2) is 0 Å². The number of hydrogen-bond acceptors (Lipinski definition) is 2. The fourth-order valence-electron chi connectivity index (χ4n) is 1.98. The number of rotatable bonds is 3. The number of aryl methyl sites for hydroxylation is 1. The third kappa shape index (κ3) is 2.24. The molecule has 1 aliphatic rings. The number of benzene rings is 1. The number of thioether (sulfide) groups is 1. The van der Waals surface area contributed by atoms with E-state index in [4.69, 9.17) is 0 Å². The van der Waals surface area contributed by atoms with Crippen LogP contribution in [0, 0.1) is 0 Å². The van der Waals surface area contributed by atoms with E-state index in [0.29, 0.717) is 6.04 Å². The molecule has 1 aromatic carbocycles. The first-order valence-electron chi connectivity index (χ1n) is 5.23. The normalized spacial score (nSPS) is 19.9. The van der Waals surface area contributed by atoms with Crippen LogP contribution in [0.15, 0.2) is 24.3 Å². The van der Waals surface area contributed by atoms with Crippen LogP contribution >= 0.6 is 11.8 Å². The second-order valence-corrected chi connectivity index (χ2v) is 4.80. The SMILES string of the molecule is CSCCC1CCc2ccccc2N1. The summed E-state index contributed by atoms with van der Waals surface area (Å²) in [6.07, 6.45) is 5.99. The Balaban J connectivity index is 1.99. The quantitative estimate of drug-likeness (QED) is 0.817. The summed E-state index contributed by atoms with van der Waals surface area (Å²) in [5.74, 6) is 1.26. The monoisotopic (exact) mass is 207 g/mol. The number of hydrogen-bond donors (Lipinski definition) is 1. The molecule has 1 atom stereocenters. The van der Waals surface area contributed by atoms with Gasteiger partial charge in [-0.05, 0) is 42.9 Å². The van der Waals surface area contributed by atoms with Crippen molar-refractivity contribution in [1.82, 2.24) is 0 Å². The molecule has 0 aliphatic carbocycles. The highest BCUT2D eigenvalue weighted by molar-refractivity contribution is 7.98. The minimum atomic E-state index is 0.692. The lowest BCUT2D eigenvalue weighted by Crippen LogP contribution is -2.25. The van der Waals surface area contributed by atoms with Gasteiger partial charge in [-0.2, -0.15) is 11.8 Å². The summed E-state index contributed by atoms with van der Waals surface area (Å²) in [7, 11) is 0. The Kier molecular flexibility index (Phi) is 3.35. The second-order valence-electron chi connectivity index (χ2n) is 3.82. The van der Waals surface area contributed by atoms with Crippen LogP contribution in [0.3, 0.4) is 0 Å². The van der Waals surface area contributed by atoms with Gasteiger partial charge in [-0.3, -0.25) is 0 Å². The zero-order valence-electron chi connectivity index (χ0n) is 8.62. The lowest BCUT2D eigenvalue weighted by atomic mass is 9.97. The molecule has 0 aromatic heterocycles. The molecule has 0 saturated carbocycles. The van der Waals surface area contributed by atoms with E-state index in [9.17, 15) is 0 Å². The van der Waals surface area contributed by atoms with Crippen LogP contribution < -0.4 is 5.32 Å². The van der Waals surface area contributed by atoms with Gasteiger partial charge in [0.15, 0.2) is 0 Å². The van der Waals surface area contributed by atoms with Gasteiger partial charge in [0.25, 0.3) is 0 Å². The van der Waals surface area contributed by atoms with Gasteiger partial charge in [0.2, 0.25) is 0 Å². The molecule has 1 heterocycles. The van der Waals surface area contributed by atoms with Crippen molar-refractivity contribution in [1.29, 1.82) is 0 Å². The third-order valence-electron chi connectivity index (χ3n) is 2.81. The van der Waals surface area contributed by atoms with E-state index in [0.717, 1.165) is 0 Å². The molecule has 1 unspecified atom stereocenters. The zero-order valence-corrected chi connectivity index (χ0v) is 9.44. The van der Waals surface area contributed by atoms with Crippen molar-refractivity contribution < 1.29 is 0 Å². The van der Waals surface area contributed by atoms with Gasteiger partial charge in [0.05, 0.1) is 0 Å². The van der Waals surface area contributed by atoms with Gasteiger partial charge in [0, 0.05) is 11.7 Å². The maximum absolute atomic E-state index is 3.62. The van der Waals surface area contributed by atoms with Crippen molar-refractivity contribution in [2.45, 2.75) is 25.3 Å². The Hall–Kier alpha value is -0.630. The molecule has 0 amide bonds. The standard InChI is InChI=1S/C12H17NS/c1-14-9-8-11-7-6-10-4-2-3-5-12(10)13-11/h2-5,11,13H,6-9H2,1H3. The van der Waals surface area contributed by atoms with Crippen LogP contribution in [0.4, 0.5) is 5.69 Å². The molecule has 76 valence electrons. The first kappa shape index (κ1) is 9.91. The van der Waals surface area contributed by atoms with Crippen LogP contribution in [0.5, 0.6) is 0 Å². The lowest BCUT2D eigenvalue weighted by molar-refractivity contribution is 0.618. The van der Waals surface area contributed by atoms with E-state index < -0.39 is 0 Å². The molecule has 0 bridgehead atoms. The molecule has 1 nitrogen and oxygen atoms in total. The fourth-order valence-corrected chi connectivity index (χ4v) is 2.50. The highest BCUT2D eigenvalue weighted by atomic mass is 32.2. The van der Waals surface area contributed by atoms with Crippen molar-refractivity contribution in [2.24, 2.45) is 0 Å². The first-order chi connectivity index (χ1) is 6.90. The molecule has 0 spiro atoms. The number of anilines is 1. The summed E-state index contributed by atoms with van der Waals surface area (Å²) in [6.45, 7) is 0. The molecule has 1 N–H and O–H groups in total. The highest BCUT2D eigenvalue weighted by Crippen LogP contribution is 2.25. The number of para-hydroxylation sites is 1. The molecule has 0 radical (unpaired) electrons. The summed E-state index contributed by atoms with van der Waals surface area (Å²) >= 11 is 1.94. The van der Waals surface area contributed by atoms with Crippen molar-refractivity contribution in [3.63, 3.8) is 0 Å². The van der Waals surface area contributed by atoms with Crippen LogP contribution in [0.25, 0.3) is 0 Å². The average Bonchev–Trinajstić information content (AvgIpc) is 2.26. The van der Waals surface area contributed by atoms with Gasteiger partial charge in [0.1, 0.15) is 0 Å². The van der Waals surface area contributed by atoms with Gasteiger partial charge in [-0.1, -0.05) is 18.2 Å². The number of nitrogens with one attached hydrogen (secondary N) is 1. The Bertz CT molecular complexity index is 298. The van der Waals surface area contributed by atoms with E-state index >= 15 is 0 Å². The van der Waals surface area contributed by atoms with E-state index in [1.807, 2.05) is 11.8 Å². The molecule has 2 heteroatoms. The Labute approximate surface area is 90.3 Å².